The molecule has 1 aromatic carbocycles. The van der Waals surface area contributed by atoms with Crippen molar-refractivity contribution in [3.05, 3.63) is 22.7 Å². The maximum Gasteiger partial charge on any atom is 0.240 e. The van der Waals surface area contributed by atoms with Crippen molar-refractivity contribution in [2.75, 3.05) is 19.8 Å². The predicted octanol–water partition coefficient (Wildman–Crippen LogP) is 1.28. The maximum atomic E-state index is 12.3. The number of amides is 1. The van der Waals surface area contributed by atoms with E-state index in [4.69, 9.17) is 5.73 Å². The SMILES string of the molecule is CC(C(=O)N(C)C)S(=O)(=O)c1ccc(N)cc1Br. The highest BCUT2D eigenvalue weighted by Crippen LogP contribution is 2.27. The normalized spacial score (nSPS) is 13.1. The number of anilines is 1. The van der Waals surface area contributed by atoms with Crippen LogP contribution in [0.4, 0.5) is 5.69 Å². The third kappa shape index (κ3) is 2.84. The van der Waals surface area contributed by atoms with Gasteiger partial charge >= 0.3 is 0 Å². The van der Waals surface area contributed by atoms with E-state index in [1.165, 1.54) is 44.1 Å². The summed E-state index contributed by atoms with van der Waals surface area (Å²) in [4.78, 5) is 13.1. The van der Waals surface area contributed by atoms with Gasteiger partial charge in [0.2, 0.25) is 5.91 Å². The lowest BCUT2D eigenvalue weighted by Gasteiger charge is -2.18. The summed E-state index contributed by atoms with van der Waals surface area (Å²) in [6, 6.07) is 4.39. The minimum absolute atomic E-state index is 0.0689. The van der Waals surface area contributed by atoms with E-state index >= 15 is 0 Å². The summed E-state index contributed by atoms with van der Waals surface area (Å²) in [5.41, 5.74) is 6.01. The van der Waals surface area contributed by atoms with Crippen molar-refractivity contribution in [3.8, 4) is 0 Å². The Morgan fingerprint density at radius 2 is 1.94 bits per heavy atom. The number of hydrogen-bond acceptors (Lipinski definition) is 4. The smallest absolute Gasteiger partial charge is 0.240 e. The van der Waals surface area contributed by atoms with Crippen LogP contribution in [0.1, 0.15) is 6.92 Å². The van der Waals surface area contributed by atoms with Gasteiger partial charge < -0.3 is 10.6 Å². The Bertz CT molecular complexity index is 570. The van der Waals surface area contributed by atoms with Gasteiger partial charge in [0.1, 0.15) is 5.25 Å². The lowest BCUT2D eigenvalue weighted by molar-refractivity contribution is -0.127. The number of hydrogen-bond donors (Lipinski definition) is 1. The standard InChI is InChI=1S/C11H15BrN2O3S/c1-7(11(15)14(2)3)18(16,17)10-5-4-8(13)6-9(10)12/h4-7H,13H2,1-3H3. The van der Waals surface area contributed by atoms with Gasteiger partial charge in [-0.05, 0) is 41.1 Å². The van der Waals surface area contributed by atoms with Gasteiger partial charge in [-0.2, -0.15) is 0 Å². The topological polar surface area (TPSA) is 80.5 Å². The average Bonchev–Trinajstić information content (AvgIpc) is 2.26. The first-order valence-corrected chi connectivity index (χ1v) is 7.52. The number of rotatable bonds is 3. The van der Waals surface area contributed by atoms with Crippen molar-refractivity contribution in [1.82, 2.24) is 4.90 Å². The van der Waals surface area contributed by atoms with Crippen LogP contribution < -0.4 is 5.73 Å². The molecule has 100 valence electrons. The summed E-state index contributed by atoms with van der Waals surface area (Å²) in [6.07, 6.45) is 0. The van der Waals surface area contributed by atoms with Crippen LogP contribution in [0.5, 0.6) is 0 Å². The van der Waals surface area contributed by atoms with E-state index in [0.717, 1.165) is 0 Å². The van der Waals surface area contributed by atoms with Crippen LogP contribution in [0.25, 0.3) is 0 Å². The molecule has 0 aliphatic heterocycles. The molecule has 0 saturated heterocycles. The molecule has 0 aliphatic carbocycles. The highest BCUT2D eigenvalue weighted by atomic mass is 79.9. The van der Waals surface area contributed by atoms with E-state index < -0.39 is 21.0 Å². The summed E-state index contributed by atoms with van der Waals surface area (Å²) in [5.74, 6) is -0.460. The first kappa shape index (κ1) is 15.0. The maximum absolute atomic E-state index is 12.3. The highest BCUT2D eigenvalue weighted by Gasteiger charge is 2.32. The monoisotopic (exact) mass is 334 g/mol. The van der Waals surface area contributed by atoms with Crippen molar-refractivity contribution >= 4 is 37.4 Å². The highest BCUT2D eigenvalue weighted by molar-refractivity contribution is 9.10. The first-order valence-electron chi connectivity index (χ1n) is 5.18. The fourth-order valence-electron chi connectivity index (χ4n) is 1.43. The van der Waals surface area contributed by atoms with Gasteiger partial charge in [0, 0.05) is 24.3 Å². The molecule has 2 N–H and O–H groups in total. The van der Waals surface area contributed by atoms with Gasteiger partial charge in [0.05, 0.1) is 4.90 Å². The third-order valence-corrected chi connectivity index (χ3v) is 5.54. The van der Waals surface area contributed by atoms with Crippen molar-refractivity contribution in [2.45, 2.75) is 17.1 Å². The molecule has 1 amide bonds. The quantitative estimate of drug-likeness (QED) is 0.844. The minimum atomic E-state index is -3.72. The molecule has 1 rings (SSSR count). The molecule has 1 unspecified atom stereocenters. The van der Waals surface area contributed by atoms with E-state index in [9.17, 15) is 13.2 Å². The average molecular weight is 335 g/mol. The molecule has 0 aliphatic rings. The summed E-state index contributed by atoms with van der Waals surface area (Å²) >= 11 is 3.15. The van der Waals surface area contributed by atoms with E-state index in [1.807, 2.05) is 0 Å². The molecule has 0 spiro atoms. The van der Waals surface area contributed by atoms with Gasteiger partial charge in [-0.25, -0.2) is 8.42 Å². The van der Waals surface area contributed by atoms with E-state index in [2.05, 4.69) is 15.9 Å². The van der Waals surface area contributed by atoms with Crippen LogP contribution in [-0.4, -0.2) is 38.6 Å². The number of halogens is 1. The predicted molar refractivity (Wildman–Crippen MR) is 73.9 cm³/mol. The fraction of sp³-hybridized carbons (Fsp3) is 0.364. The Kier molecular flexibility index (Phi) is 4.39. The first-order chi connectivity index (χ1) is 8.17. The second kappa shape index (κ2) is 5.27. The molecule has 0 bridgehead atoms. The number of benzene rings is 1. The van der Waals surface area contributed by atoms with Crippen molar-refractivity contribution in [3.63, 3.8) is 0 Å². The molecule has 1 aromatic rings. The Hall–Kier alpha value is -1.08. The molecular weight excluding hydrogens is 320 g/mol. The van der Waals surface area contributed by atoms with Crippen LogP contribution in [0.3, 0.4) is 0 Å². The number of carbonyl (C=O) groups excluding carboxylic acids is 1. The van der Waals surface area contributed by atoms with Crippen LogP contribution in [0.15, 0.2) is 27.6 Å². The number of nitrogens with zero attached hydrogens (tertiary/aromatic N) is 1. The van der Waals surface area contributed by atoms with E-state index in [-0.39, 0.29) is 4.90 Å². The second-order valence-electron chi connectivity index (χ2n) is 4.11. The molecule has 7 heteroatoms. The van der Waals surface area contributed by atoms with Gasteiger partial charge in [-0.1, -0.05) is 0 Å². The number of nitrogens with two attached hydrogens (primary N) is 1. The minimum Gasteiger partial charge on any atom is -0.399 e. The number of carbonyl (C=O) groups is 1. The Morgan fingerprint density at radius 3 is 2.39 bits per heavy atom. The van der Waals surface area contributed by atoms with E-state index in [0.29, 0.717) is 10.2 Å². The Morgan fingerprint density at radius 1 is 1.39 bits per heavy atom. The van der Waals surface area contributed by atoms with Gasteiger partial charge in [0.15, 0.2) is 9.84 Å². The number of sulfone groups is 1. The van der Waals surface area contributed by atoms with Crippen molar-refractivity contribution in [1.29, 1.82) is 0 Å². The second-order valence-corrected chi connectivity index (χ2v) is 7.20. The Balaban J connectivity index is 3.26. The molecule has 0 aromatic heterocycles. The zero-order chi connectivity index (χ0) is 14.1. The summed E-state index contributed by atoms with van der Waals surface area (Å²) in [6.45, 7) is 1.38. The summed E-state index contributed by atoms with van der Waals surface area (Å²) in [7, 11) is -0.684. The van der Waals surface area contributed by atoms with Gasteiger partial charge in [0.25, 0.3) is 0 Å². The van der Waals surface area contributed by atoms with Gasteiger partial charge in [-0.15, -0.1) is 0 Å². The molecule has 1 atom stereocenters. The lowest BCUT2D eigenvalue weighted by Crippen LogP contribution is -2.37. The number of nitrogen functional groups attached to an aromatic ring is 1. The van der Waals surface area contributed by atoms with Crippen LogP contribution in [-0.2, 0) is 14.6 Å². The fourth-order valence-corrected chi connectivity index (χ4v) is 3.95. The molecule has 0 saturated carbocycles. The molecule has 0 fully saturated rings. The molecule has 5 nitrogen and oxygen atoms in total. The zero-order valence-corrected chi connectivity index (χ0v) is 12.7. The molecule has 0 heterocycles. The largest absolute Gasteiger partial charge is 0.399 e. The van der Waals surface area contributed by atoms with Crippen LogP contribution in [0, 0.1) is 0 Å². The Labute approximate surface area is 115 Å². The lowest BCUT2D eigenvalue weighted by atomic mass is 10.3. The van der Waals surface area contributed by atoms with Crippen LogP contribution in [0.2, 0.25) is 0 Å². The molecular formula is C11H15BrN2O3S. The molecule has 18 heavy (non-hydrogen) atoms. The van der Waals surface area contributed by atoms with Gasteiger partial charge in [-0.3, -0.25) is 4.79 Å². The molecule has 0 radical (unpaired) electrons. The zero-order valence-electron chi connectivity index (χ0n) is 10.3. The third-order valence-electron chi connectivity index (χ3n) is 2.52. The summed E-state index contributed by atoms with van der Waals surface area (Å²) < 4.78 is 24.9. The van der Waals surface area contributed by atoms with E-state index in [1.54, 1.807) is 0 Å². The van der Waals surface area contributed by atoms with Crippen molar-refractivity contribution in [2.24, 2.45) is 0 Å². The summed E-state index contributed by atoms with van der Waals surface area (Å²) in [5, 5.41) is -1.13. The van der Waals surface area contributed by atoms with Crippen molar-refractivity contribution < 1.29 is 13.2 Å². The van der Waals surface area contributed by atoms with Crippen LogP contribution >= 0.6 is 15.9 Å².